The number of guanidine groups is 2. The molecule has 0 aliphatic carbocycles. The van der Waals surface area contributed by atoms with Gasteiger partial charge in [0, 0.05) is 32.4 Å². The average Bonchev–Trinajstić information content (AvgIpc) is 3.13. The molecule has 0 aliphatic rings. The lowest BCUT2D eigenvalue weighted by molar-refractivity contribution is -0.142. The van der Waals surface area contributed by atoms with Crippen molar-refractivity contribution in [2.24, 2.45) is 38.7 Å². The number of nitrogens with two attached hydrogens (primary N) is 5. The highest BCUT2D eigenvalue weighted by molar-refractivity contribution is 7.98. The number of hydrogen-bond donors (Lipinski definition) is 14. The molecule has 25 nitrogen and oxygen atoms in total. The van der Waals surface area contributed by atoms with E-state index in [0.717, 1.165) is 0 Å². The van der Waals surface area contributed by atoms with Gasteiger partial charge >= 0.3 is 23.9 Å². The normalized spacial score (nSPS) is 13.8. The van der Waals surface area contributed by atoms with Crippen molar-refractivity contribution in [3.05, 3.63) is 0 Å². The van der Waals surface area contributed by atoms with Gasteiger partial charge in [0.15, 0.2) is 11.9 Å². The topological polar surface area (TPSA) is 450 Å². The molecule has 0 saturated carbocycles. The van der Waals surface area contributed by atoms with E-state index < -0.39 is 122 Å². The number of nitrogens with zero attached hydrogens (tertiary/aromatic N) is 2. The van der Waals surface area contributed by atoms with Crippen LogP contribution in [-0.2, 0) is 43.2 Å². The van der Waals surface area contributed by atoms with E-state index in [1.54, 1.807) is 6.26 Å². The summed E-state index contributed by atoms with van der Waals surface area (Å²) in [5.41, 5.74) is 27.0. The van der Waals surface area contributed by atoms with Crippen molar-refractivity contribution < 1.29 is 63.6 Å². The van der Waals surface area contributed by atoms with Crippen LogP contribution in [0.3, 0.4) is 0 Å². The van der Waals surface area contributed by atoms with Gasteiger partial charge in [0.1, 0.15) is 30.2 Å². The van der Waals surface area contributed by atoms with Crippen LogP contribution in [0.5, 0.6) is 0 Å². The second kappa shape index (κ2) is 28.5. The Balaban J connectivity index is 6.38. The number of aliphatic carboxylic acids is 4. The molecule has 58 heavy (non-hydrogen) atoms. The average molecular weight is 849 g/mol. The van der Waals surface area contributed by atoms with Crippen molar-refractivity contribution in [2.45, 2.75) is 107 Å². The van der Waals surface area contributed by atoms with Crippen LogP contribution in [0.2, 0.25) is 0 Å². The maximum absolute atomic E-state index is 13.7. The molecule has 0 aromatic carbocycles. The van der Waals surface area contributed by atoms with Gasteiger partial charge in [-0.05, 0) is 63.4 Å². The first kappa shape index (κ1) is 52.1. The van der Waals surface area contributed by atoms with Crippen LogP contribution in [0.25, 0.3) is 0 Å². The third-order valence-corrected chi connectivity index (χ3v) is 8.59. The lowest BCUT2D eigenvalue weighted by atomic mass is 10.0. The van der Waals surface area contributed by atoms with Gasteiger partial charge in [0.25, 0.3) is 0 Å². The second-order valence-corrected chi connectivity index (χ2v) is 13.7. The Bertz CT molecular complexity index is 1490. The van der Waals surface area contributed by atoms with E-state index in [1.807, 2.05) is 0 Å². The Morgan fingerprint density at radius 1 is 0.500 bits per heavy atom. The van der Waals surface area contributed by atoms with Crippen molar-refractivity contribution in [3.63, 3.8) is 0 Å². The van der Waals surface area contributed by atoms with E-state index in [4.69, 9.17) is 33.8 Å². The zero-order valence-electron chi connectivity index (χ0n) is 32.0. The van der Waals surface area contributed by atoms with Gasteiger partial charge in [-0.2, -0.15) is 11.8 Å². The third-order valence-electron chi connectivity index (χ3n) is 7.95. The predicted octanol–water partition coefficient (Wildman–Crippen LogP) is -4.72. The van der Waals surface area contributed by atoms with Gasteiger partial charge in [0.2, 0.25) is 29.5 Å². The Labute approximate surface area is 337 Å². The molecular weight excluding hydrogens is 792 g/mol. The number of amides is 5. The van der Waals surface area contributed by atoms with Crippen molar-refractivity contribution in [1.29, 1.82) is 0 Å². The van der Waals surface area contributed by atoms with E-state index in [0.29, 0.717) is 0 Å². The largest absolute Gasteiger partial charge is 0.481 e. The summed E-state index contributed by atoms with van der Waals surface area (Å²) in [7, 11) is 0. The van der Waals surface area contributed by atoms with Gasteiger partial charge in [0.05, 0.1) is 6.04 Å². The molecule has 5 amide bonds. The lowest BCUT2D eigenvalue weighted by Crippen LogP contribution is -2.59. The van der Waals surface area contributed by atoms with Crippen molar-refractivity contribution in [1.82, 2.24) is 26.6 Å². The zero-order valence-corrected chi connectivity index (χ0v) is 32.8. The number of carboxylic acids is 4. The molecule has 0 bridgehead atoms. The molecule has 0 aliphatic heterocycles. The van der Waals surface area contributed by atoms with Crippen LogP contribution in [0.1, 0.15) is 70.6 Å². The summed E-state index contributed by atoms with van der Waals surface area (Å²) in [6, 6.07) is -8.86. The van der Waals surface area contributed by atoms with Crippen molar-refractivity contribution in [2.75, 3.05) is 25.1 Å². The highest BCUT2D eigenvalue weighted by Gasteiger charge is 2.33. The van der Waals surface area contributed by atoms with Crippen LogP contribution < -0.4 is 55.3 Å². The fourth-order valence-corrected chi connectivity index (χ4v) is 5.36. The van der Waals surface area contributed by atoms with E-state index in [2.05, 4.69) is 36.6 Å². The SMILES string of the molecule is CSCC[C@H](NC(=O)[C@H](CCC(=O)O)NC(=O)[C@@H](N)CCC(=O)O)C(=O)N[C@@H](CCC(=O)O)C(=O)N[C@@H](CCCN=C(N)N)C(=O)N[C@@H](CCCN=C(N)N)C(=O)O. The molecule has 0 fully saturated rings. The fraction of sp³-hybridized carbons (Fsp3) is 0.656. The summed E-state index contributed by atoms with van der Waals surface area (Å²) >= 11 is 1.27. The number of nitrogens with one attached hydrogen (secondary N) is 5. The number of hydrogen-bond acceptors (Lipinski definition) is 13. The Morgan fingerprint density at radius 2 is 0.828 bits per heavy atom. The number of aliphatic imine (C=N–C) groups is 2. The highest BCUT2D eigenvalue weighted by atomic mass is 32.2. The molecule has 0 radical (unpaired) electrons. The molecule has 19 N–H and O–H groups in total. The predicted molar refractivity (Wildman–Crippen MR) is 209 cm³/mol. The molecule has 6 atom stereocenters. The fourth-order valence-electron chi connectivity index (χ4n) is 4.89. The Hall–Kier alpha value is -5.92. The first-order valence-corrected chi connectivity index (χ1v) is 19.3. The van der Waals surface area contributed by atoms with Gasteiger partial charge in [-0.15, -0.1) is 0 Å². The van der Waals surface area contributed by atoms with Gasteiger partial charge in [-0.25, -0.2) is 4.79 Å². The molecule has 0 unspecified atom stereocenters. The lowest BCUT2D eigenvalue weighted by Gasteiger charge is -2.27. The number of thioether (sulfide) groups is 1. The summed E-state index contributed by atoms with van der Waals surface area (Å²) in [6.45, 7) is 0.0610. The molecular formula is C32H56N12O13S. The smallest absolute Gasteiger partial charge is 0.326 e. The molecule has 328 valence electrons. The molecule has 0 spiro atoms. The third kappa shape index (κ3) is 23.9. The van der Waals surface area contributed by atoms with Crippen LogP contribution in [0, 0.1) is 0 Å². The van der Waals surface area contributed by atoms with Crippen LogP contribution >= 0.6 is 11.8 Å². The van der Waals surface area contributed by atoms with Crippen LogP contribution in [0.4, 0.5) is 0 Å². The van der Waals surface area contributed by atoms with Crippen molar-refractivity contribution >= 4 is 77.1 Å². The second-order valence-electron chi connectivity index (χ2n) is 12.7. The summed E-state index contributed by atoms with van der Waals surface area (Å²) in [5.74, 6) is -10.5. The van der Waals surface area contributed by atoms with Crippen molar-refractivity contribution in [3.8, 4) is 0 Å². The number of carbonyl (C=O) groups excluding carboxylic acids is 5. The Kier molecular flexibility index (Phi) is 25.6. The number of carbonyl (C=O) groups is 9. The summed E-state index contributed by atoms with van der Waals surface area (Å²) in [4.78, 5) is 120. The zero-order chi connectivity index (χ0) is 44.4. The van der Waals surface area contributed by atoms with E-state index in [9.17, 15) is 58.5 Å². The van der Waals surface area contributed by atoms with Gasteiger partial charge in [-0.3, -0.25) is 48.3 Å². The summed E-state index contributed by atoms with van der Waals surface area (Å²) in [5, 5.41) is 49.0. The quantitative estimate of drug-likeness (QED) is 0.0177. The van der Waals surface area contributed by atoms with E-state index in [1.165, 1.54) is 11.8 Å². The molecule has 0 aromatic rings. The van der Waals surface area contributed by atoms with Crippen LogP contribution in [0.15, 0.2) is 9.98 Å². The van der Waals surface area contributed by atoms with E-state index >= 15 is 0 Å². The highest BCUT2D eigenvalue weighted by Crippen LogP contribution is 2.09. The number of carboxylic acid groups (broad SMARTS) is 4. The first-order chi connectivity index (χ1) is 27.2. The standard InChI is InChI=1S/C32H56N12O13S/c1-58-15-12-20(43-27(53)18(7-10-23(47)48)40-25(51)16(33)6-9-22(45)46)29(55)42-19(8-11-24(49)50)28(54)41-17(4-2-13-38-31(34)35)26(52)44-21(30(56)57)5-3-14-39-32(36)37/h16-21H,2-15,33H2,1H3,(H,40,51)(H,41,54)(H,42,55)(H,43,53)(H,44,52)(H,45,46)(H,47,48)(H,49,50)(H,56,57)(H4,34,35,38)(H4,36,37,39)/t16-,17-,18-,19-,20-,21-/m0/s1. The van der Waals surface area contributed by atoms with Crippen LogP contribution in [-0.4, -0.2) is 147 Å². The van der Waals surface area contributed by atoms with E-state index in [-0.39, 0.29) is 69.3 Å². The molecule has 26 heteroatoms. The summed E-state index contributed by atoms with van der Waals surface area (Å²) in [6.07, 6.45) is -1.37. The number of rotatable bonds is 31. The minimum atomic E-state index is -1.63. The first-order valence-electron chi connectivity index (χ1n) is 17.9. The minimum absolute atomic E-state index is 0.00103. The molecule has 0 saturated heterocycles. The maximum Gasteiger partial charge on any atom is 0.326 e. The minimum Gasteiger partial charge on any atom is -0.481 e. The van der Waals surface area contributed by atoms with Gasteiger partial charge < -0.3 is 75.7 Å². The molecule has 0 aromatic heterocycles. The maximum atomic E-state index is 13.7. The van der Waals surface area contributed by atoms with Gasteiger partial charge in [-0.1, -0.05) is 0 Å². The molecule has 0 rings (SSSR count). The monoisotopic (exact) mass is 848 g/mol. The Morgan fingerprint density at radius 3 is 1.19 bits per heavy atom. The summed E-state index contributed by atoms with van der Waals surface area (Å²) < 4.78 is 0. The molecule has 0 heterocycles.